The molecule has 0 aliphatic carbocycles. The maximum Gasteiger partial charge on any atom is 0.226 e. The van der Waals surface area contributed by atoms with E-state index in [2.05, 4.69) is 5.32 Å². The van der Waals surface area contributed by atoms with Gasteiger partial charge in [0.2, 0.25) is 5.91 Å². The van der Waals surface area contributed by atoms with Crippen LogP contribution >= 0.6 is 0 Å². The number of sulfone groups is 1. The lowest BCUT2D eigenvalue weighted by Crippen LogP contribution is -2.46. The molecule has 0 saturated carbocycles. The summed E-state index contributed by atoms with van der Waals surface area (Å²) < 4.78 is 22.7. The second-order valence-electron chi connectivity index (χ2n) is 5.03. The molecule has 0 aromatic rings. The second kappa shape index (κ2) is 4.94. The van der Waals surface area contributed by atoms with Crippen LogP contribution in [0.25, 0.3) is 0 Å². The third-order valence-electron chi connectivity index (χ3n) is 3.79. The van der Waals surface area contributed by atoms with Crippen LogP contribution in [0.4, 0.5) is 0 Å². The van der Waals surface area contributed by atoms with Crippen molar-refractivity contribution in [2.45, 2.75) is 25.3 Å². The van der Waals surface area contributed by atoms with Crippen molar-refractivity contribution in [3.63, 3.8) is 0 Å². The van der Waals surface area contributed by atoms with E-state index in [0.717, 1.165) is 25.9 Å². The van der Waals surface area contributed by atoms with Crippen molar-refractivity contribution in [3.05, 3.63) is 0 Å². The van der Waals surface area contributed by atoms with Crippen LogP contribution in [0.15, 0.2) is 0 Å². The number of hydrogen-bond donors (Lipinski definition) is 1. The summed E-state index contributed by atoms with van der Waals surface area (Å²) in [6.45, 7) is 1.87. The smallest absolute Gasteiger partial charge is 0.226 e. The van der Waals surface area contributed by atoms with E-state index in [-0.39, 0.29) is 29.4 Å². The Morgan fingerprint density at radius 1 is 1.24 bits per heavy atom. The van der Waals surface area contributed by atoms with Gasteiger partial charge in [-0.25, -0.2) is 8.42 Å². The highest BCUT2D eigenvalue weighted by Crippen LogP contribution is 2.22. The quantitative estimate of drug-likeness (QED) is 0.736. The first-order valence-corrected chi connectivity index (χ1v) is 7.99. The summed E-state index contributed by atoms with van der Waals surface area (Å²) in [5.74, 6) is -0.0807. The summed E-state index contributed by atoms with van der Waals surface area (Å²) >= 11 is 0. The molecule has 1 N–H and O–H groups in total. The summed E-state index contributed by atoms with van der Waals surface area (Å²) in [5.41, 5.74) is 0. The molecule has 5 nitrogen and oxygen atoms in total. The maximum absolute atomic E-state index is 12.2. The Morgan fingerprint density at radius 3 is 2.41 bits per heavy atom. The number of amides is 1. The Hall–Kier alpha value is -0.620. The van der Waals surface area contributed by atoms with E-state index < -0.39 is 9.84 Å². The average molecular weight is 260 g/mol. The number of nitrogens with zero attached hydrogens (tertiary/aromatic N) is 1. The summed E-state index contributed by atoms with van der Waals surface area (Å²) in [4.78, 5) is 13.9. The lowest BCUT2D eigenvalue weighted by molar-refractivity contribution is -0.136. The Bertz CT molecular complexity index is 388. The zero-order valence-corrected chi connectivity index (χ0v) is 11.0. The molecule has 0 aromatic heterocycles. The zero-order chi connectivity index (χ0) is 12.5. The summed E-state index contributed by atoms with van der Waals surface area (Å²) in [6.07, 6.45) is 2.42. The Balaban J connectivity index is 1.95. The van der Waals surface area contributed by atoms with Crippen molar-refractivity contribution in [2.24, 2.45) is 5.92 Å². The van der Waals surface area contributed by atoms with Gasteiger partial charge in [-0.15, -0.1) is 0 Å². The molecule has 0 spiro atoms. The molecule has 2 fully saturated rings. The van der Waals surface area contributed by atoms with Crippen LogP contribution in [0.1, 0.15) is 19.3 Å². The molecule has 98 valence electrons. The lowest BCUT2D eigenvalue weighted by Gasteiger charge is -2.33. The van der Waals surface area contributed by atoms with Gasteiger partial charge in [0, 0.05) is 13.1 Å². The molecule has 0 radical (unpaired) electrons. The molecular weight excluding hydrogens is 240 g/mol. The van der Waals surface area contributed by atoms with Crippen LogP contribution < -0.4 is 5.32 Å². The van der Waals surface area contributed by atoms with Crippen molar-refractivity contribution >= 4 is 15.7 Å². The minimum atomic E-state index is -2.96. The van der Waals surface area contributed by atoms with Gasteiger partial charge in [-0.2, -0.15) is 0 Å². The first-order valence-electron chi connectivity index (χ1n) is 6.17. The molecule has 1 unspecified atom stereocenters. The molecule has 1 amide bonds. The van der Waals surface area contributed by atoms with E-state index in [4.69, 9.17) is 0 Å². The highest BCUT2D eigenvalue weighted by atomic mass is 32.2. The van der Waals surface area contributed by atoms with E-state index in [0.29, 0.717) is 6.42 Å². The third-order valence-corrected chi connectivity index (χ3v) is 5.55. The molecule has 0 bridgehead atoms. The Labute approximate surface area is 102 Å². The van der Waals surface area contributed by atoms with E-state index in [1.54, 1.807) is 4.90 Å². The number of nitrogens with one attached hydrogen (secondary N) is 1. The molecule has 1 atom stereocenters. The summed E-state index contributed by atoms with van der Waals surface area (Å²) in [6, 6.07) is 0.270. The van der Waals surface area contributed by atoms with Crippen molar-refractivity contribution in [3.8, 4) is 0 Å². The number of carbonyl (C=O) groups excluding carboxylic acids is 1. The average Bonchev–Trinajstić information content (AvgIpc) is 2.69. The van der Waals surface area contributed by atoms with Gasteiger partial charge in [0.25, 0.3) is 0 Å². The number of carbonyl (C=O) groups is 1. The number of piperidine rings is 1. The Morgan fingerprint density at radius 2 is 1.88 bits per heavy atom. The largest absolute Gasteiger partial charge is 0.342 e. The number of hydrogen-bond acceptors (Lipinski definition) is 4. The predicted molar refractivity (Wildman–Crippen MR) is 65.4 cm³/mol. The number of rotatable bonds is 2. The van der Waals surface area contributed by atoms with Crippen LogP contribution in [0.3, 0.4) is 0 Å². The van der Waals surface area contributed by atoms with Crippen molar-refractivity contribution in [1.82, 2.24) is 10.2 Å². The van der Waals surface area contributed by atoms with Gasteiger partial charge in [0.05, 0.1) is 17.4 Å². The van der Waals surface area contributed by atoms with Crippen LogP contribution in [-0.2, 0) is 14.6 Å². The van der Waals surface area contributed by atoms with E-state index in [1.165, 1.54) is 0 Å². The molecule has 2 saturated heterocycles. The standard InChI is InChI=1S/C11H20N2O3S/c1-13(10-2-5-12-6-3-10)11(14)9-4-7-17(15,16)8-9/h9-10,12H,2-8H2,1H3. The van der Waals surface area contributed by atoms with Gasteiger partial charge in [0.15, 0.2) is 9.84 Å². The molecule has 2 rings (SSSR count). The zero-order valence-electron chi connectivity index (χ0n) is 10.2. The van der Waals surface area contributed by atoms with Crippen molar-refractivity contribution < 1.29 is 13.2 Å². The molecule has 17 heavy (non-hydrogen) atoms. The SMILES string of the molecule is CN(C(=O)C1CCS(=O)(=O)C1)C1CCNCC1. The molecule has 2 aliphatic heterocycles. The highest BCUT2D eigenvalue weighted by molar-refractivity contribution is 7.91. The van der Waals surface area contributed by atoms with Gasteiger partial charge < -0.3 is 10.2 Å². The first-order chi connectivity index (χ1) is 7.99. The van der Waals surface area contributed by atoms with Crippen LogP contribution in [0, 0.1) is 5.92 Å². The van der Waals surface area contributed by atoms with E-state index in [1.807, 2.05) is 7.05 Å². The molecule has 6 heteroatoms. The predicted octanol–water partition coefficient (Wildman–Crippen LogP) is -0.368. The lowest BCUT2D eigenvalue weighted by atomic mass is 10.0. The van der Waals surface area contributed by atoms with Gasteiger partial charge >= 0.3 is 0 Å². The first kappa shape index (κ1) is 12.8. The maximum atomic E-state index is 12.2. The normalized spacial score (nSPS) is 29.1. The van der Waals surface area contributed by atoms with Gasteiger partial charge in [0.1, 0.15) is 0 Å². The minimum Gasteiger partial charge on any atom is -0.342 e. The third kappa shape index (κ3) is 2.98. The van der Waals surface area contributed by atoms with Crippen LogP contribution in [0.5, 0.6) is 0 Å². The molecule has 2 aliphatic rings. The molecule has 0 aromatic carbocycles. The molecule has 2 heterocycles. The fourth-order valence-corrected chi connectivity index (χ4v) is 4.38. The second-order valence-corrected chi connectivity index (χ2v) is 7.26. The van der Waals surface area contributed by atoms with E-state index in [9.17, 15) is 13.2 Å². The van der Waals surface area contributed by atoms with Crippen LogP contribution in [-0.4, -0.2) is 56.9 Å². The highest BCUT2D eigenvalue weighted by Gasteiger charge is 2.36. The fraction of sp³-hybridized carbons (Fsp3) is 0.909. The summed E-state index contributed by atoms with van der Waals surface area (Å²) in [5, 5.41) is 3.26. The monoisotopic (exact) mass is 260 g/mol. The van der Waals surface area contributed by atoms with Gasteiger partial charge in [-0.1, -0.05) is 0 Å². The van der Waals surface area contributed by atoms with Crippen molar-refractivity contribution in [1.29, 1.82) is 0 Å². The Kier molecular flexibility index (Phi) is 3.73. The topological polar surface area (TPSA) is 66.5 Å². The van der Waals surface area contributed by atoms with Gasteiger partial charge in [-0.3, -0.25) is 4.79 Å². The fourth-order valence-electron chi connectivity index (χ4n) is 2.65. The summed E-state index contributed by atoms with van der Waals surface area (Å²) in [7, 11) is -1.16. The van der Waals surface area contributed by atoms with Gasteiger partial charge in [-0.05, 0) is 32.4 Å². The van der Waals surface area contributed by atoms with Crippen molar-refractivity contribution in [2.75, 3.05) is 31.6 Å². The van der Waals surface area contributed by atoms with E-state index >= 15 is 0 Å². The molecular formula is C11H20N2O3S. The minimum absolute atomic E-state index is 0.0120. The van der Waals surface area contributed by atoms with Crippen LogP contribution in [0.2, 0.25) is 0 Å².